The number of ether oxygens (including phenoxy) is 1. The van der Waals surface area contributed by atoms with Gasteiger partial charge in [0.2, 0.25) is 0 Å². The summed E-state index contributed by atoms with van der Waals surface area (Å²) in [6, 6.07) is 5.07. The number of nitrogens with zero attached hydrogens (tertiary/aromatic N) is 1. The summed E-state index contributed by atoms with van der Waals surface area (Å²) in [7, 11) is 1.43. The number of carbonyl (C=O) groups excluding carboxylic acids is 2. The molecule has 0 radical (unpaired) electrons. The van der Waals surface area contributed by atoms with Crippen LogP contribution in [0.1, 0.15) is 12.5 Å². The lowest BCUT2D eigenvalue weighted by Gasteiger charge is -2.08. The number of likely N-dealkylation sites (N-methyl/N-ethyl adjacent to an activating group) is 1. The Balaban J connectivity index is 2.40. The summed E-state index contributed by atoms with van der Waals surface area (Å²) in [4.78, 5) is 24.2. The second kappa shape index (κ2) is 5.44. The Labute approximate surface area is 119 Å². The van der Waals surface area contributed by atoms with Crippen molar-refractivity contribution in [3.63, 3.8) is 0 Å². The molecule has 5 nitrogen and oxygen atoms in total. The van der Waals surface area contributed by atoms with Crippen LogP contribution in [0.4, 0.5) is 4.79 Å². The monoisotopic (exact) mass is 324 g/mol. The molecule has 0 spiro atoms. The van der Waals surface area contributed by atoms with E-state index >= 15 is 0 Å². The third kappa shape index (κ3) is 2.78. The van der Waals surface area contributed by atoms with Crippen molar-refractivity contribution in [2.24, 2.45) is 0 Å². The first kappa shape index (κ1) is 13.6. The highest BCUT2D eigenvalue weighted by Gasteiger charge is 2.30. The third-order valence-corrected chi connectivity index (χ3v) is 3.15. The first-order chi connectivity index (χ1) is 9.02. The maximum atomic E-state index is 11.8. The lowest BCUT2D eigenvalue weighted by atomic mass is 10.1. The molecule has 0 aliphatic carbocycles. The van der Waals surface area contributed by atoms with Gasteiger partial charge in [0, 0.05) is 17.1 Å². The van der Waals surface area contributed by atoms with Crippen LogP contribution in [0, 0.1) is 0 Å². The fraction of sp³-hybridized carbons (Fsp3) is 0.231. The van der Waals surface area contributed by atoms with E-state index in [1.165, 1.54) is 7.05 Å². The predicted octanol–water partition coefficient (Wildman–Crippen LogP) is 2.37. The second-order valence-electron chi connectivity index (χ2n) is 3.97. The highest BCUT2D eigenvalue weighted by Crippen LogP contribution is 2.26. The normalized spacial score (nSPS) is 17.0. The Kier molecular flexibility index (Phi) is 3.90. The molecule has 3 amide bonds. The molecule has 100 valence electrons. The summed E-state index contributed by atoms with van der Waals surface area (Å²) >= 11 is 3.37. The van der Waals surface area contributed by atoms with Crippen molar-refractivity contribution in [1.82, 2.24) is 10.2 Å². The molecule has 0 atom stereocenters. The van der Waals surface area contributed by atoms with Gasteiger partial charge in [0.05, 0.1) is 6.61 Å². The molecule has 6 heteroatoms. The molecule has 19 heavy (non-hydrogen) atoms. The fourth-order valence-corrected chi connectivity index (χ4v) is 2.08. The van der Waals surface area contributed by atoms with Crippen LogP contribution in [0.2, 0.25) is 0 Å². The van der Waals surface area contributed by atoms with Crippen molar-refractivity contribution < 1.29 is 14.3 Å². The maximum absolute atomic E-state index is 11.8. The molecule has 1 saturated heterocycles. The lowest BCUT2D eigenvalue weighted by molar-refractivity contribution is -0.121. The van der Waals surface area contributed by atoms with Crippen LogP contribution in [-0.4, -0.2) is 30.5 Å². The second-order valence-corrected chi connectivity index (χ2v) is 4.88. The van der Waals surface area contributed by atoms with E-state index in [0.717, 1.165) is 14.9 Å². The molecule has 1 aromatic carbocycles. The van der Waals surface area contributed by atoms with Crippen molar-refractivity contribution in [2.75, 3.05) is 13.7 Å². The molecular formula is C13H13BrN2O3. The van der Waals surface area contributed by atoms with E-state index in [1.54, 1.807) is 6.08 Å². The molecule has 1 fully saturated rings. The van der Waals surface area contributed by atoms with Crippen molar-refractivity contribution in [3.8, 4) is 5.75 Å². The zero-order valence-corrected chi connectivity index (χ0v) is 12.2. The molecule has 0 bridgehead atoms. The van der Waals surface area contributed by atoms with Gasteiger partial charge in [0.1, 0.15) is 11.4 Å². The van der Waals surface area contributed by atoms with Gasteiger partial charge in [-0.25, -0.2) is 4.79 Å². The Morgan fingerprint density at radius 1 is 1.42 bits per heavy atom. The summed E-state index contributed by atoms with van der Waals surface area (Å²) in [6.45, 7) is 2.41. The number of nitrogens with one attached hydrogen (secondary N) is 1. The van der Waals surface area contributed by atoms with Gasteiger partial charge in [0.15, 0.2) is 0 Å². The van der Waals surface area contributed by atoms with E-state index < -0.39 is 6.03 Å². The van der Waals surface area contributed by atoms with Gasteiger partial charge in [-0.05, 0) is 31.2 Å². The van der Waals surface area contributed by atoms with Crippen LogP contribution in [0.25, 0.3) is 6.08 Å². The Morgan fingerprint density at radius 3 is 2.74 bits per heavy atom. The highest BCUT2D eigenvalue weighted by molar-refractivity contribution is 9.10. The third-order valence-electron chi connectivity index (χ3n) is 2.65. The molecule has 0 saturated carbocycles. The molecule has 2 rings (SSSR count). The van der Waals surface area contributed by atoms with Crippen LogP contribution in [0.5, 0.6) is 5.75 Å². The van der Waals surface area contributed by atoms with Crippen molar-refractivity contribution >= 4 is 33.9 Å². The van der Waals surface area contributed by atoms with Gasteiger partial charge in [-0.1, -0.05) is 15.9 Å². The van der Waals surface area contributed by atoms with Gasteiger partial charge in [-0.2, -0.15) is 0 Å². The minimum atomic E-state index is -0.427. The fourth-order valence-electron chi connectivity index (χ4n) is 1.70. The number of imide groups is 1. The lowest BCUT2D eigenvalue weighted by Crippen LogP contribution is -2.25. The highest BCUT2D eigenvalue weighted by atomic mass is 79.9. The van der Waals surface area contributed by atoms with Gasteiger partial charge < -0.3 is 10.1 Å². The Bertz CT molecular complexity index is 569. The predicted molar refractivity (Wildman–Crippen MR) is 74.6 cm³/mol. The quantitative estimate of drug-likeness (QED) is 0.686. The van der Waals surface area contributed by atoms with Gasteiger partial charge in [0.25, 0.3) is 5.91 Å². The first-order valence-corrected chi connectivity index (χ1v) is 6.55. The van der Waals surface area contributed by atoms with E-state index in [0.29, 0.717) is 12.4 Å². The number of carbonyl (C=O) groups is 2. The molecule has 1 N–H and O–H groups in total. The summed E-state index contributed by atoms with van der Waals surface area (Å²) in [5.41, 5.74) is 0.974. The molecular weight excluding hydrogens is 312 g/mol. The maximum Gasteiger partial charge on any atom is 0.328 e. The molecule has 0 aromatic heterocycles. The van der Waals surface area contributed by atoms with Crippen LogP contribution in [0.3, 0.4) is 0 Å². The van der Waals surface area contributed by atoms with Crippen LogP contribution >= 0.6 is 15.9 Å². The number of hydrogen-bond acceptors (Lipinski definition) is 3. The number of halogens is 1. The topological polar surface area (TPSA) is 58.6 Å². The zero-order valence-electron chi connectivity index (χ0n) is 10.6. The van der Waals surface area contributed by atoms with Crippen molar-refractivity contribution in [2.45, 2.75) is 6.92 Å². The van der Waals surface area contributed by atoms with E-state index in [9.17, 15) is 9.59 Å². The van der Waals surface area contributed by atoms with Crippen LogP contribution < -0.4 is 10.1 Å². The molecule has 1 heterocycles. The smallest absolute Gasteiger partial charge is 0.328 e. The van der Waals surface area contributed by atoms with Crippen molar-refractivity contribution in [1.29, 1.82) is 0 Å². The van der Waals surface area contributed by atoms with Gasteiger partial charge in [-0.3, -0.25) is 9.69 Å². The van der Waals surface area contributed by atoms with E-state index in [4.69, 9.17) is 4.74 Å². The summed E-state index contributed by atoms with van der Waals surface area (Å²) in [6.07, 6.45) is 1.61. The molecule has 1 aromatic rings. The van der Waals surface area contributed by atoms with Gasteiger partial charge >= 0.3 is 6.03 Å². The van der Waals surface area contributed by atoms with Crippen molar-refractivity contribution in [3.05, 3.63) is 33.9 Å². The number of urea groups is 1. The molecule has 1 aliphatic rings. The number of amides is 3. The Hall–Kier alpha value is -1.82. The van der Waals surface area contributed by atoms with Crippen LogP contribution in [0.15, 0.2) is 28.4 Å². The number of rotatable bonds is 3. The average molecular weight is 325 g/mol. The van der Waals surface area contributed by atoms with E-state index in [1.807, 2.05) is 25.1 Å². The Morgan fingerprint density at radius 2 is 2.16 bits per heavy atom. The van der Waals surface area contributed by atoms with E-state index in [-0.39, 0.29) is 11.6 Å². The average Bonchev–Trinajstić information content (AvgIpc) is 2.61. The number of benzene rings is 1. The minimum Gasteiger partial charge on any atom is -0.493 e. The van der Waals surface area contributed by atoms with E-state index in [2.05, 4.69) is 21.2 Å². The largest absolute Gasteiger partial charge is 0.493 e. The zero-order chi connectivity index (χ0) is 14.0. The summed E-state index contributed by atoms with van der Waals surface area (Å²) in [5, 5.41) is 2.52. The SMILES string of the molecule is CCOc1ccc(Br)cc1/C=C1/NC(=O)N(C)C1=O. The molecule has 1 aliphatic heterocycles. The first-order valence-electron chi connectivity index (χ1n) is 5.76. The number of hydrogen-bond donors (Lipinski definition) is 1. The van der Waals surface area contributed by atoms with Crippen LogP contribution in [-0.2, 0) is 4.79 Å². The van der Waals surface area contributed by atoms with Gasteiger partial charge in [-0.15, -0.1) is 0 Å². The summed E-state index contributed by atoms with van der Waals surface area (Å²) < 4.78 is 6.36. The standard InChI is InChI=1S/C13H13BrN2O3/c1-3-19-11-5-4-9(14)6-8(11)7-10-12(17)16(2)13(18)15-10/h4-7H,3H2,1-2H3,(H,15,18)/b10-7+. The molecule has 0 unspecified atom stereocenters. The minimum absolute atomic E-state index is 0.242. The summed E-state index contributed by atoms with van der Waals surface area (Å²) in [5.74, 6) is 0.308.